The second kappa shape index (κ2) is 7.83. The van der Waals surface area contributed by atoms with Gasteiger partial charge in [-0.05, 0) is 48.7 Å². The van der Waals surface area contributed by atoms with Crippen LogP contribution in [0.15, 0.2) is 48.5 Å². The van der Waals surface area contributed by atoms with Gasteiger partial charge < -0.3 is 14.4 Å². The smallest absolute Gasteiger partial charge is 0.337 e. The Morgan fingerprint density at radius 2 is 1.92 bits per heavy atom. The summed E-state index contributed by atoms with van der Waals surface area (Å²) in [6.07, 6.45) is 1.86. The number of fused-ring (bicyclic) bond motifs is 1. The Kier molecular flexibility index (Phi) is 5.33. The van der Waals surface area contributed by atoms with Gasteiger partial charge in [-0.2, -0.15) is 0 Å². The summed E-state index contributed by atoms with van der Waals surface area (Å²) in [7, 11) is 1.36. The van der Waals surface area contributed by atoms with E-state index in [0.29, 0.717) is 31.6 Å². The molecule has 0 saturated heterocycles. The van der Waals surface area contributed by atoms with Crippen molar-refractivity contribution < 1.29 is 19.1 Å². The first-order chi connectivity index (χ1) is 12.2. The number of methoxy groups -OCH3 is 1. The maximum absolute atomic E-state index is 12.5. The number of rotatable bonds is 6. The lowest BCUT2D eigenvalue weighted by atomic mass is 10.1. The number of nitrogens with zero attached hydrogens (tertiary/aromatic N) is 1. The third-order valence-electron chi connectivity index (χ3n) is 4.24. The Morgan fingerprint density at radius 3 is 2.68 bits per heavy atom. The first kappa shape index (κ1) is 17.0. The van der Waals surface area contributed by atoms with E-state index >= 15 is 0 Å². The molecule has 1 aliphatic heterocycles. The monoisotopic (exact) mass is 339 g/mol. The van der Waals surface area contributed by atoms with Crippen molar-refractivity contribution in [3.05, 3.63) is 59.7 Å². The molecular weight excluding hydrogens is 318 g/mol. The third-order valence-corrected chi connectivity index (χ3v) is 4.24. The SMILES string of the molecule is COC(=O)c1ccc2c(c1)CCN2C(=O)CCCOc1ccccc1. The molecule has 5 nitrogen and oxygen atoms in total. The molecular formula is C20H21NO4. The van der Waals surface area contributed by atoms with Crippen LogP contribution >= 0.6 is 0 Å². The molecule has 0 spiro atoms. The zero-order chi connectivity index (χ0) is 17.6. The van der Waals surface area contributed by atoms with E-state index in [1.165, 1.54) is 7.11 Å². The first-order valence-corrected chi connectivity index (χ1v) is 8.38. The number of esters is 1. The molecule has 0 N–H and O–H groups in total. The molecule has 0 saturated carbocycles. The van der Waals surface area contributed by atoms with Crippen molar-refractivity contribution in [3.8, 4) is 5.75 Å². The van der Waals surface area contributed by atoms with Gasteiger partial charge in [0.05, 0.1) is 19.3 Å². The molecule has 0 radical (unpaired) electrons. The van der Waals surface area contributed by atoms with Gasteiger partial charge in [-0.1, -0.05) is 18.2 Å². The maximum Gasteiger partial charge on any atom is 0.337 e. The lowest BCUT2D eigenvalue weighted by Crippen LogP contribution is -2.28. The van der Waals surface area contributed by atoms with Crippen molar-refractivity contribution in [3.63, 3.8) is 0 Å². The van der Waals surface area contributed by atoms with E-state index in [1.807, 2.05) is 42.5 Å². The van der Waals surface area contributed by atoms with Crippen LogP contribution in [0.1, 0.15) is 28.8 Å². The molecule has 0 bridgehead atoms. The lowest BCUT2D eigenvalue weighted by Gasteiger charge is -2.17. The number of carbonyl (C=O) groups is 2. The van der Waals surface area contributed by atoms with Crippen molar-refractivity contribution in [1.29, 1.82) is 0 Å². The van der Waals surface area contributed by atoms with Gasteiger partial charge in [-0.25, -0.2) is 4.79 Å². The molecule has 25 heavy (non-hydrogen) atoms. The number of hydrogen-bond donors (Lipinski definition) is 0. The lowest BCUT2D eigenvalue weighted by molar-refractivity contribution is -0.118. The third kappa shape index (κ3) is 3.99. The summed E-state index contributed by atoms with van der Waals surface area (Å²) in [6.45, 7) is 1.16. The summed E-state index contributed by atoms with van der Waals surface area (Å²) in [6, 6.07) is 14.9. The zero-order valence-electron chi connectivity index (χ0n) is 14.2. The summed E-state index contributed by atoms with van der Waals surface area (Å²) in [5.41, 5.74) is 2.42. The van der Waals surface area contributed by atoms with E-state index in [-0.39, 0.29) is 11.9 Å². The van der Waals surface area contributed by atoms with Crippen LogP contribution in [0.3, 0.4) is 0 Å². The molecule has 0 aromatic heterocycles. The summed E-state index contributed by atoms with van der Waals surface area (Å²) in [5, 5.41) is 0. The summed E-state index contributed by atoms with van der Waals surface area (Å²) >= 11 is 0. The van der Waals surface area contributed by atoms with Crippen LogP contribution in [0, 0.1) is 0 Å². The molecule has 1 heterocycles. The van der Waals surface area contributed by atoms with Crippen molar-refractivity contribution in [2.24, 2.45) is 0 Å². The fourth-order valence-electron chi connectivity index (χ4n) is 2.97. The van der Waals surface area contributed by atoms with Gasteiger partial charge in [0.2, 0.25) is 5.91 Å². The quantitative estimate of drug-likeness (QED) is 0.599. The van der Waals surface area contributed by atoms with Crippen LogP contribution in [0.25, 0.3) is 0 Å². The van der Waals surface area contributed by atoms with E-state index in [4.69, 9.17) is 9.47 Å². The second-order valence-corrected chi connectivity index (χ2v) is 5.90. The minimum atomic E-state index is -0.356. The molecule has 1 amide bonds. The van der Waals surface area contributed by atoms with Gasteiger partial charge in [0, 0.05) is 18.7 Å². The average molecular weight is 339 g/mol. The van der Waals surface area contributed by atoms with Crippen LogP contribution in [0.4, 0.5) is 5.69 Å². The van der Waals surface area contributed by atoms with Gasteiger partial charge in [0.25, 0.3) is 0 Å². The summed E-state index contributed by atoms with van der Waals surface area (Å²) < 4.78 is 10.4. The molecule has 0 fully saturated rings. The number of amides is 1. The van der Waals surface area contributed by atoms with E-state index in [1.54, 1.807) is 11.0 Å². The molecule has 0 atom stereocenters. The van der Waals surface area contributed by atoms with Crippen LogP contribution in [0.2, 0.25) is 0 Å². The van der Waals surface area contributed by atoms with Crippen LogP contribution in [-0.4, -0.2) is 32.1 Å². The minimum absolute atomic E-state index is 0.0845. The first-order valence-electron chi connectivity index (χ1n) is 8.38. The molecule has 0 unspecified atom stereocenters. The second-order valence-electron chi connectivity index (χ2n) is 5.90. The zero-order valence-corrected chi connectivity index (χ0v) is 14.2. The normalized spacial score (nSPS) is 12.6. The van der Waals surface area contributed by atoms with Crippen molar-refractivity contribution in [2.75, 3.05) is 25.2 Å². The number of benzene rings is 2. The number of carbonyl (C=O) groups excluding carboxylic acids is 2. The Balaban J connectivity index is 1.53. The number of anilines is 1. The minimum Gasteiger partial charge on any atom is -0.494 e. The maximum atomic E-state index is 12.5. The molecule has 0 aliphatic carbocycles. The highest BCUT2D eigenvalue weighted by Gasteiger charge is 2.25. The highest BCUT2D eigenvalue weighted by molar-refractivity contribution is 5.97. The highest BCUT2D eigenvalue weighted by atomic mass is 16.5. The largest absolute Gasteiger partial charge is 0.494 e. The standard InChI is InChI=1S/C20H21NO4/c1-24-20(23)16-9-10-18-15(14-16)11-12-21(18)19(22)8-5-13-25-17-6-3-2-4-7-17/h2-4,6-7,9-10,14H,5,8,11-13H2,1H3. The molecule has 130 valence electrons. The van der Waals surface area contributed by atoms with E-state index in [2.05, 4.69) is 0 Å². The molecule has 5 heteroatoms. The fraction of sp³-hybridized carbons (Fsp3) is 0.300. The van der Waals surface area contributed by atoms with Gasteiger partial charge >= 0.3 is 5.97 Å². The Labute approximate surface area is 147 Å². The van der Waals surface area contributed by atoms with Crippen LogP contribution < -0.4 is 9.64 Å². The fourth-order valence-corrected chi connectivity index (χ4v) is 2.97. The molecule has 2 aromatic carbocycles. The van der Waals surface area contributed by atoms with Gasteiger partial charge in [0.15, 0.2) is 0 Å². The Hall–Kier alpha value is -2.82. The number of para-hydroxylation sites is 1. The van der Waals surface area contributed by atoms with E-state index < -0.39 is 0 Å². The van der Waals surface area contributed by atoms with Crippen LogP contribution in [0.5, 0.6) is 5.75 Å². The Bertz CT molecular complexity index is 758. The molecule has 1 aliphatic rings. The highest BCUT2D eigenvalue weighted by Crippen LogP contribution is 2.29. The Morgan fingerprint density at radius 1 is 1.12 bits per heavy atom. The van der Waals surface area contributed by atoms with Crippen molar-refractivity contribution in [1.82, 2.24) is 0 Å². The van der Waals surface area contributed by atoms with E-state index in [9.17, 15) is 9.59 Å². The van der Waals surface area contributed by atoms with E-state index in [0.717, 1.165) is 23.4 Å². The van der Waals surface area contributed by atoms with Crippen LogP contribution in [-0.2, 0) is 16.0 Å². The number of hydrogen-bond acceptors (Lipinski definition) is 4. The molecule has 2 aromatic rings. The average Bonchev–Trinajstić information content (AvgIpc) is 3.08. The number of ether oxygens (including phenoxy) is 2. The molecule has 3 rings (SSSR count). The summed E-state index contributed by atoms with van der Waals surface area (Å²) in [5.74, 6) is 0.545. The van der Waals surface area contributed by atoms with Gasteiger partial charge in [-0.15, -0.1) is 0 Å². The van der Waals surface area contributed by atoms with Gasteiger partial charge in [0.1, 0.15) is 5.75 Å². The van der Waals surface area contributed by atoms with Gasteiger partial charge in [-0.3, -0.25) is 4.79 Å². The summed E-state index contributed by atoms with van der Waals surface area (Å²) in [4.78, 5) is 25.9. The van der Waals surface area contributed by atoms with Crippen molar-refractivity contribution in [2.45, 2.75) is 19.3 Å². The topological polar surface area (TPSA) is 55.8 Å². The predicted octanol–water partition coefficient (Wildman–Crippen LogP) is 3.22. The van der Waals surface area contributed by atoms with Crippen molar-refractivity contribution >= 4 is 17.6 Å². The predicted molar refractivity (Wildman–Crippen MR) is 95.0 cm³/mol.